The zero-order valence-corrected chi connectivity index (χ0v) is 16.0. The number of nitrogens with one attached hydrogen (secondary N) is 1. The van der Waals surface area contributed by atoms with E-state index in [1.807, 2.05) is 6.08 Å². The molecule has 0 heterocycles. The third-order valence-electron chi connectivity index (χ3n) is 4.96. The van der Waals surface area contributed by atoms with Gasteiger partial charge in [-0.25, -0.2) is 0 Å². The Morgan fingerprint density at radius 1 is 1.11 bits per heavy atom. The molecule has 0 saturated carbocycles. The standard InChI is InChI=1S/C22H20ClNO4/c1-13-6-5-9-16(22(27)28)19(13)21(26)24-18-11-10-15(23)12-17(18)20(25)14-7-3-2-4-8-14/h2-8,10-13,16,19H,9H2,1H3,(H,24,26)(H,27,28)/p-1. The highest BCUT2D eigenvalue weighted by Crippen LogP contribution is 2.32. The number of carbonyl (C=O) groups excluding carboxylic acids is 3. The number of anilines is 1. The van der Waals surface area contributed by atoms with E-state index in [1.165, 1.54) is 6.07 Å². The van der Waals surface area contributed by atoms with Gasteiger partial charge in [0.1, 0.15) is 0 Å². The molecular formula is C22H19ClNO4-. The number of carbonyl (C=O) groups is 3. The lowest BCUT2D eigenvalue weighted by molar-refractivity contribution is -0.313. The minimum Gasteiger partial charge on any atom is -0.550 e. The summed E-state index contributed by atoms with van der Waals surface area (Å²) in [6, 6.07) is 13.3. The van der Waals surface area contributed by atoms with Crippen molar-refractivity contribution < 1.29 is 19.5 Å². The first-order valence-electron chi connectivity index (χ1n) is 8.96. The Hall–Kier alpha value is -2.92. The molecule has 1 aliphatic rings. The van der Waals surface area contributed by atoms with Crippen molar-refractivity contribution in [3.05, 3.63) is 76.8 Å². The van der Waals surface area contributed by atoms with Crippen LogP contribution in [-0.4, -0.2) is 17.7 Å². The summed E-state index contributed by atoms with van der Waals surface area (Å²) in [5.41, 5.74) is 1.00. The normalized spacial score (nSPS) is 21.1. The highest BCUT2D eigenvalue weighted by atomic mass is 35.5. The van der Waals surface area contributed by atoms with Gasteiger partial charge >= 0.3 is 0 Å². The van der Waals surface area contributed by atoms with Crippen LogP contribution in [0, 0.1) is 17.8 Å². The Kier molecular flexibility index (Phi) is 5.95. The maximum Gasteiger partial charge on any atom is 0.228 e. The van der Waals surface area contributed by atoms with E-state index in [4.69, 9.17) is 11.6 Å². The Balaban J connectivity index is 1.92. The summed E-state index contributed by atoms with van der Waals surface area (Å²) in [5.74, 6) is -3.97. The van der Waals surface area contributed by atoms with Gasteiger partial charge < -0.3 is 15.2 Å². The van der Waals surface area contributed by atoms with Crippen molar-refractivity contribution in [1.29, 1.82) is 0 Å². The molecular weight excluding hydrogens is 378 g/mol. The van der Waals surface area contributed by atoms with Gasteiger partial charge in [0.05, 0.1) is 11.6 Å². The van der Waals surface area contributed by atoms with Gasteiger partial charge in [0.2, 0.25) is 5.91 Å². The van der Waals surface area contributed by atoms with Crippen LogP contribution in [0.5, 0.6) is 0 Å². The number of aliphatic carboxylic acids is 1. The molecule has 144 valence electrons. The third kappa shape index (κ3) is 4.15. The van der Waals surface area contributed by atoms with Gasteiger partial charge in [0.25, 0.3) is 0 Å². The first-order valence-corrected chi connectivity index (χ1v) is 9.34. The summed E-state index contributed by atoms with van der Waals surface area (Å²) in [4.78, 5) is 37.3. The molecule has 3 unspecified atom stereocenters. The highest BCUT2D eigenvalue weighted by Gasteiger charge is 2.35. The number of halogens is 1. The maximum atomic E-state index is 12.9. The van der Waals surface area contributed by atoms with E-state index in [2.05, 4.69) is 5.32 Å². The zero-order valence-electron chi connectivity index (χ0n) is 15.2. The molecule has 1 amide bonds. The van der Waals surface area contributed by atoms with Crippen LogP contribution in [0.3, 0.4) is 0 Å². The molecule has 6 heteroatoms. The molecule has 0 spiro atoms. The number of amides is 1. The number of hydrogen-bond acceptors (Lipinski definition) is 4. The van der Waals surface area contributed by atoms with Crippen LogP contribution in [0.15, 0.2) is 60.7 Å². The van der Waals surface area contributed by atoms with Gasteiger partial charge in [-0.3, -0.25) is 9.59 Å². The lowest BCUT2D eigenvalue weighted by Crippen LogP contribution is -2.44. The first-order chi connectivity index (χ1) is 13.4. The predicted molar refractivity (Wildman–Crippen MR) is 105 cm³/mol. The van der Waals surface area contributed by atoms with Crippen molar-refractivity contribution in [2.45, 2.75) is 13.3 Å². The topological polar surface area (TPSA) is 86.3 Å². The molecule has 0 aromatic heterocycles. The molecule has 0 bridgehead atoms. The Morgan fingerprint density at radius 2 is 1.82 bits per heavy atom. The summed E-state index contributed by atoms with van der Waals surface area (Å²) in [6.45, 7) is 1.79. The third-order valence-corrected chi connectivity index (χ3v) is 5.19. The fraction of sp³-hybridized carbons (Fsp3) is 0.227. The van der Waals surface area contributed by atoms with E-state index in [0.717, 1.165) is 0 Å². The smallest absolute Gasteiger partial charge is 0.228 e. The van der Waals surface area contributed by atoms with Crippen LogP contribution in [0.4, 0.5) is 5.69 Å². The van der Waals surface area contributed by atoms with E-state index >= 15 is 0 Å². The van der Waals surface area contributed by atoms with Gasteiger partial charge in [-0.15, -0.1) is 0 Å². The number of carboxylic acids is 1. The van der Waals surface area contributed by atoms with E-state index < -0.39 is 23.7 Å². The molecule has 28 heavy (non-hydrogen) atoms. The van der Waals surface area contributed by atoms with E-state index in [0.29, 0.717) is 16.3 Å². The fourth-order valence-corrected chi connectivity index (χ4v) is 3.68. The van der Waals surface area contributed by atoms with Crippen molar-refractivity contribution in [3.8, 4) is 0 Å². The second-order valence-electron chi connectivity index (χ2n) is 6.85. The van der Waals surface area contributed by atoms with Crippen molar-refractivity contribution in [2.24, 2.45) is 17.8 Å². The highest BCUT2D eigenvalue weighted by molar-refractivity contribution is 6.31. The van der Waals surface area contributed by atoms with Crippen molar-refractivity contribution >= 4 is 34.9 Å². The van der Waals surface area contributed by atoms with E-state index in [-0.39, 0.29) is 23.7 Å². The number of ketones is 1. The Morgan fingerprint density at radius 3 is 2.50 bits per heavy atom. The predicted octanol–water partition coefficient (Wildman–Crippen LogP) is 3.09. The Bertz CT molecular complexity index is 939. The molecule has 0 radical (unpaired) electrons. The van der Waals surface area contributed by atoms with Gasteiger partial charge in [-0.05, 0) is 30.5 Å². The van der Waals surface area contributed by atoms with Crippen LogP contribution in [0.1, 0.15) is 29.3 Å². The van der Waals surface area contributed by atoms with Crippen LogP contribution < -0.4 is 10.4 Å². The summed E-state index contributed by atoms with van der Waals surface area (Å²) in [5, 5.41) is 14.6. The van der Waals surface area contributed by atoms with Gasteiger partial charge in [0.15, 0.2) is 5.78 Å². The Labute approximate surface area is 168 Å². The lowest BCUT2D eigenvalue weighted by Gasteiger charge is -2.32. The zero-order chi connectivity index (χ0) is 20.3. The molecule has 2 aromatic rings. The van der Waals surface area contributed by atoms with Crippen LogP contribution >= 0.6 is 11.6 Å². The van der Waals surface area contributed by atoms with Gasteiger partial charge in [-0.1, -0.05) is 61.0 Å². The molecule has 3 rings (SSSR count). The van der Waals surface area contributed by atoms with Crippen LogP contribution in [-0.2, 0) is 9.59 Å². The van der Waals surface area contributed by atoms with Crippen LogP contribution in [0.2, 0.25) is 5.02 Å². The molecule has 3 atom stereocenters. The minimum atomic E-state index is -1.26. The van der Waals surface area contributed by atoms with E-state index in [1.54, 1.807) is 55.5 Å². The minimum absolute atomic E-state index is 0.237. The molecule has 1 N–H and O–H groups in total. The van der Waals surface area contributed by atoms with Crippen molar-refractivity contribution in [3.63, 3.8) is 0 Å². The fourth-order valence-electron chi connectivity index (χ4n) is 3.51. The number of benzene rings is 2. The van der Waals surface area contributed by atoms with Gasteiger partial charge in [-0.2, -0.15) is 0 Å². The molecule has 0 fully saturated rings. The maximum absolute atomic E-state index is 12.9. The average molecular weight is 397 g/mol. The molecule has 1 aliphatic carbocycles. The molecule has 5 nitrogen and oxygen atoms in total. The second-order valence-corrected chi connectivity index (χ2v) is 7.29. The molecule has 0 saturated heterocycles. The average Bonchev–Trinajstić information content (AvgIpc) is 2.69. The van der Waals surface area contributed by atoms with E-state index in [9.17, 15) is 19.5 Å². The SMILES string of the molecule is CC1C=CCC(C(=O)[O-])C1C(=O)Nc1ccc(Cl)cc1C(=O)c1ccccc1. The van der Waals surface area contributed by atoms with Crippen molar-refractivity contribution in [1.82, 2.24) is 0 Å². The summed E-state index contributed by atoms with van der Waals surface area (Å²) >= 11 is 6.06. The lowest BCUT2D eigenvalue weighted by atomic mass is 9.76. The molecule has 0 aliphatic heterocycles. The number of hydrogen-bond donors (Lipinski definition) is 1. The second kappa shape index (κ2) is 8.40. The monoisotopic (exact) mass is 396 g/mol. The summed E-state index contributed by atoms with van der Waals surface area (Å²) in [7, 11) is 0. The van der Waals surface area contributed by atoms with Crippen molar-refractivity contribution in [2.75, 3.05) is 5.32 Å². The summed E-state index contributed by atoms with van der Waals surface area (Å²) in [6.07, 6.45) is 3.81. The largest absolute Gasteiger partial charge is 0.550 e. The quantitative estimate of drug-likeness (QED) is 0.621. The first kappa shape index (κ1) is 19.8. The summed E-state index contributed by atoms with van der Waals surface area (Å²) < 4.78 is 0. The number of rotatable bonds is 5. The molecule has 2 aromatic carbocycles. The number of allylic oxidation sites excluding steroid dienone is 2. The number of carboxylic acid groups (broad SMARTS) is 1. The van der Waals surface area contributed by atoms with Gasteiger partial charge in [0, 0.05) is 28.0 Å². The van der Waals surface area contributed by atoms with Crippen LogP contribution in [0.25, 0.3) is 0 Å².